The lowest BCUT2D eigenvalue weighted by Gasteiger charge is -2.11. The van der Waals surface area contributed by atoms with Crippen LogP contribution in [-0.4, -0.2) is 11.8 Å². The van der Waals surface area contributed by atoms with Crippen LogP contribution in [0.1, 0.15) is 47.7 Å². The van der Waals surface area contributed by atoms with Crippen molar-refractivity contribution in [2.24, 2.45) is 0 Å². The molecule has 0 spiro atoms. The van der Waals surface area contributed by atoms with Crippen LogP contribution in [0.2, 0.25) is 0 Å². The van der Waals surface area contributed by atoms with Crippen molar-refractivity contribution in [2.45, 2.75) is 33.1 Å². The van der Waals surface area contributed by atoms with Crippen molar-refractivity contribution in [3.05, 3.63) is 59.2 Å². The number of unbranched alkanes of at least 4 members (excludes halogenated alkanes) is 1. The van der Waals surface area contributed by atoms with Gasteiger partial charge in [0.15, 0.2) is 0 Å². The van der Waals surface area contributed by atoms with Crippen molar-refractivity contribution in [2.75, 3.05) is 10.6 Å². The number of anilines is 2. The summed E-state index contributed by atoms with van der Waals surface area (Å²) in [7, 11) is 0. The maximum Gasteiger partial charge on any atom is 0.255 e. The van der Waals surface area contributed by atoms with Crippen molar-refractivity contribution in [3.63, 3.8) is 0 Å². The zero-order valence-corrected chi connectivity index (χ0v) is 14.4. The number of aryl methyl sites for hydroxylation is 1. The summed E-state index contributed by atoms with van der Waals surface area (Å²) in [5, 5.41) is 14.5. The quantitative estimate of drug-likeness (QED) is 0.828. The molecule has 0 heterocycles. The van der Waals surface area contributed by atoms with Crippen LogP contribution in [0.25, 0.3) is 0 Å². The minimum Gasteiger partial charge on any atom is -0.326 e. The van der Waals surface area contributed by atoms with Crippen molar-refractivity contribution in [3.8, 4) is 6.07 Å². The fourth-order valence-electron chi connectivity index (χ4n) is 2.33. The van der Waals surface area contributed by atoms with E-state index >= 15 is 0 Å². The smallest absolute Gasteiger partial charge is 0.255 e. The highest BCUT2D eigenvalue weighted by atomic mass is 16.2. The van der Waals surface area contributed by atoms with Crippen LogP contribution in [0.15, 0.2) is 42.5 Å². The normalized spacial score (nSPS) is 9.96. The van der Waals surface area contributed by atoms with Crippen molar-refractivity contribution in [1.82, 2.24) is 0 Å². The average Bonchev–Trinajstić information content (AvgIpc) is 2.62. The summed E-state index contributed by atoms with van der Waals surface area (Å²) in [6, 6.07) is 13.8. The second kappa shape index (κ2) is 8.65. The Balaban J connectivity index is 2.03. The predicted octanol–water partition coefficient (Wildman–Crippen LogP) is 4.25. The first-order valence-corrected chi connectivity index (χ1v) is 8.25. The van der Waals surface area contributed by atoms with Crippen LogP contribution in [0.4, 0.5) is 11.4 Å². The lowest BCUT2D eigenvalue weighted by Crippen LogP contribution is -2.14. The summed E-state index contributed by atoms with van der Waals surface area (Å²) < 4.78 is 0. The molecule has 25 heavy (non-hydrogen) atoms. The zero-order valence-electron chi connectivity index (χ0n) is 14.4. The van der Waals surface area contributed by atoms with Gasteiger partial charge in [0.25, 0.3) is 5.91 Å². The van der Waals surface area contributed by atoms with Gasteiger partial charge in [-0.15, -0.1) is 0 Å². The van der Waals surface area contributed by atoms with Gasteiger partial charge >= 0.3 is 0 Å². The number of hydrogen-bond donors (Lipinski definition) is 2. The maximum atomic E-state index is 12.2. The molecule has 0 saturated carbocycles. The fraction of sp³-hybridized carbons (Fsp3) is 0.250. The lowest BCUT2D eigenvalue weighted by atomic mass is 10.1. The van der Waals surface area contributed by atoms with Crippen LogP contribution in [-0.2, 0) is 4.79 Å². The summed E-state index contributed by atoms with van der Waals surface area (Å²) in [5.74, 6) is -0.247. The van der Waals surface area contributed by atoms with E-state index in [-0.39, 0.29) is 11.8 Å². The van der Waals surface area contributed by atoms with Gasteiger partial charge in [-0.25, -0.2) is 0 Å². The molecule has 0 aromatic heterocycles. The maximum absolute atomic E-state index is 12.2. The van der Waals surface area contributed by atoms with E-state index < -0.39 is 0 Å². The Morgan fingerprint density at radius 3 is 2.40 bits per heavy atom. The SMILES string of the molecule is CCCCC(=O)Nc1ccc(NC(=O)c2ccc(C#N)cc2)cc1C. The zero-order chi connectivity index (χ0) is 18.2. The highest BCUT2D eigenvalue weighted by Gasteiger charge is 2.09. The molecule has 0 aliphatic heterocycles. The van der Waals surface area contributed by atoms with E-state index in [1.54, 1.807) is 36.4 Å². The summed E-state index contributed by atoms with van der Waals surface area (Å²) in [6.45, 7) is 3.93. The van der Waals surface area contributed by atoms with E-state index in [0.717, 1.165) is 24.1 Å². The fourth-order valence-corrected chi connectivity index (χ4v) is 2.33. The Bertz CT molecular complexity index is 805. The third-order valence-corrected chi connectivity index (χ3v) is 3.79. The number of rotatable bonds is 6. The second-order valence-electron chi connectivity index (χ2n) is 5.82. The Hall–Kier alpha value is -3.13. The molecular formula is C20H21N3O2. The van der Waals surface area contributed by atoms with Gasteiger partial charge in [-0.3, -0.25) is 9.59 Å². The minimum absolute atomic E-state index is 0.000631. The third kappa shape index (κ3) is 5.18. The second-order valence-corrected chi connectivity index (χ2v) is 5.82. The molecule has 2 aromatic rings. The number of nitrogens with zero attached hydrogens (tertiary/aromatic N) is 1. The van der Waals surface area contributed by atoms with Crippen molar-refractivity contribution in [1.29, 1.82) is 5.26 Å². The molecule has 5 nitrogen and oxygen atoms in total. The highest BCUT2D eigenvalue weighted by Crippen LogP contribution is 2.21. The van der Waals surface area contributed by atoms with E-state index in [1.165, 1.54) is 0 Å². The molecule has 128 valence electrons. The molecule has 5 heteroatoms. The molecule has 0 atom stereocenters. The van der Waals surface area contributed by atoms with Crippen LogP contribution < -0.4 is 10.6 Å². The Morgan fingerprint density at radius 2 is 1.80 bits per heavy atom. The largest absolute Gasteiger partial charge is 0.326 e. The van der Waals surface area contributed by atoms with Gasteiger partial charge in [0.2, 0.25) is 5.91 Å². The van der Waals surface area contributed by atoms with Gasteiger partial charge in [0.05, 0.1) is 11.6 Å². The van der Waals surface area contributed by atoms with Crippen LogP contribution in [0.5, 0.6) is 0 Å². The molecule has 0 unspecified atom stereocenters. The van der Waals surface area contributed by atoms with E-state index in [2.05, 4.69) is 10.6 Å². The molecule has 0 aliphatic carbocycles. The first-order valence-electron chi connectivity index (χ1n) is 8.25. The number of amides is 2. The molecule has 0 aliphatic rings. The molecule has 0 radical (unpaired) electrons. The number of benzene rings is 2. The topological polar surface area (TPSA) is 82.0 Å². The Morgan fingerprint density at radius 1 is 1.08 bits per heavy atom. The van der Waals surface area contributed by atoms with Crippen molar-refractivity contribution < 1.29 is 9.59 Å². The van der Waals surface area contributed by atoms with E-state index in [1.807, 2.05) is 26.0 Å². The van der Waals surface area contributed by atoms with Crippen LogP contribution in [0.3, 0.4) is 0 Å². The van der Waals surface area contributed by atoms with Gasteiger partial charge in [-0.05, 0) is 61.4 Å². The number of nitriles is 1. The van der Waals surface area contributed by atoms with Gasteiger partial charge in [-0.2, -0.15) is 5.26 Å². The van der Waals surface area contributed by atoms with E-state index in [9.17, 15) is 9.59 Å². The Kier molecular flexibility index (Phi) is 6.30. The molecule has 0 bridgehead atoms. The molecule has 0 saturated heterocycles. The molecule has 2 aromatic carbocycles. The summed E-state index contributed by atoms with van der Waals surface area (Å²) in [4.78, 5) is 24.1. The molecule has 2 amide bonds. The first-order chi connectivity index (χ1) is 12.0. The monoisotopic (exact) mass is 335 g/mol. The van der Waals surface area contributed by atoms with Gasteiger partial charge in [0, 0.05) is 23.4 Å². The van der Waals surface area contributed by atoms with Crippen molar-refractivity contribution >= 4 is 23.2 Å². The summed E-state index contributed by atoms with van der Waals surface area (Å²) in [5.41, 5.74) is 3.27. The number of carbonyl (C=O) groups is 2. The number of hydrogen-bond acceptors (Lipinski definition) is 3. The number of carbonyl (C=O) groups excluding carboxylic acids is 2. The summed E-state index contributed by atoms with van der Waals surface area (Å²) >= 11 is 0. The molecule has 2 N–H and O–H groups in total. The first kappa shape index (κ1) is 18.2. The molecule has 0 fully saturated rings. The standard InChI is InChI=1S/C20H21N3O2/c1-3-4-5-19(24)23-18-11-10-17(12-14(18)2)22-20(25)16-8-6-15(13-21)7-9-16/h6-12H,3-5H2,1-2H3,(H,22,25)(H,23,24). The molecular weight excluding hydrogens is 314 g/mol. The average molecular weight is 335 g/mol. The molecule has 2 rings (SSSR count). The predicted molar refractivity (Wildman–Crippen MR) is 98.4 cm³/mol. The van der Waals surface area contributed by atoms with Crippen LogP contribution in [0, 0.1) is 18.3 Å². The van der Waals surface area contributed by atoms with Gasteiger partial charge < -0.3 is 10.6 Å². The minimum atomic E-state index is -0.247. The number of nitrogens with one attached hydrogen (secondary N) is 2. The van der Waals surface area contributed by atoms with E-state index in [0.29, 0.717) is 23.2 Å². The van der Waals surface area contributed by atoms with Gasteiger partial charge in [-0.1, -0.05) is 13.3 Å². The van der Waals surface area contributed by atoms with Crippen LogP contribution >= 0.6 is 0 Å². The lowest BCUT2D eigenvalue weighted by molar-refractivity contribution is -0.116. The van der Waals surface area contributed by atoms with Gasteiger partial charge in [0.1, 0.15) is 0 Å². The summed E-state index contributed by atoms with van der Waals surface area (Å²) in [6.07, 6.45) is 2.35. The Labute approximate surface area is 147 Å². The van der Waals surface area contributed by atoms with E-state index in [4.69, 9.17) is 5.26 Å². The highest BCUT2D eigenvalue weighted by molar-refractivity contribution is 6.04. The third-order valence-electron chi connectivity index (χ3n) is 3.79.